The predicted molar refractivity (Wildman–Crippen MR) is 136 cm³/mol. The van der Waals surface area contributed by atoms with Crippen LogP contribution in [-0.4, -0.2) is 61.4 Å². The van der Waals surface area contributed by atoms with Crippen molar-refractivity contribution in [3.63, 3.8) is 0 Å². The third-order valence-corrected chi connectivity index (χ3v) is 6.69. The fourth-order valence-corrected chi connectivity index (χ4v) is 4.73. The maximum atomic E-state index is 13.5. The molecule has 5 rings (SSSR count). The molecule has 0 aliphatic carbocycles. The molecule has 2 heterocycles. The molecular formula is C28H26F3N3O4. The van der Waals surface area contributed by atoms with E-state index in [0.29, 0.717) is 53.8 Å². The topological polar surface area (TPSA) is 63.6 Å². The number of para-hydroxylation sites is 1. The number of hydrogen-bond donors (Lipinski definition) is 0. The third kappa shape index (κ3) is 4.73. The van der Waals surface area contributed by atoms with E-state index in [1.54, 1.807) is 47.4 Å². The molecule has 38 heavy (non-hydrogen) atoms. The molecule has 1 atom stereocenters. The fourth-order valence-electron chi connectivity index (χ4n) is 4.73. The Morgan fingerprint density at radius 2 is 1.76 bits per heavy atom. The molecular weight excluding hydrogens is 499 g/mol. The van der Waals surface area contributed by atoms with E-state index in [1.165, 1.54) is 20.3 Å². The summed E-state index contributed by atoms with van der Waals surface area (Å²) in [7, 11) is 3.05. The van der Waals surface area contributed by atoms with Gasteiger partial charge in [0.2, 0.25) is 0 Å². The number of amides is 1. The first kappa shape index (κ1) is 25.4. The van der Waals surface area contributed by atoms with E-state index < -0.39 is 11.7 Å². The van der Waals surface area contributed by atoms with Crippen molar-refractivity contribution in [3.8, 4) is 23.0 Å². The molecule has 1 fully saturated rings. The molecule has 0 aromatic heterocycles. The average Bonchev–Trinajstić information content (AvgIpc) is 3.08. The molecule has 2 aliphatic rings. The maximum Gasteiger partial charge on any atom is 0.416 e. The van der Waals surface area contributed by atoms with Gasteiger partial charge in [0, 0.05) is 25.7 Å². The van der Waals surface area contributed by atoms with Gasteiger partial charge >= 0.3 is 6.18 Å². The predicted octanol–water partition coefficient (Wildman–Crippen LogP) is 5.75. The van der Waals surface area contributed by atoms with Gasteiger partial charge in [-0.2, -0.15) is 13.2 Å². The first-order chi connectivity index (χ1) is 18.2. The van der Waals surface area contributed by atoms with E-state index >= 15 is 0 Å². The number of rotatable bonds is 3. The van der Waals surface area contributed by atoms with Crippen LogP contribution in [0.2, 0.25) is 0 Å². The standard InChI is InChI=1S/C28H26F3N3O4/c1-17-16-33(12-13-34(17)27(35)20-6-4-5-7-23(20)37-3)26-21-15-19(36-2)9-11-24(21)38-25-10-8-18(28(29,30)31)14-22(25)32-26/h4-11,14-15,17H,12-13,16H2,1-3H3. The van der Waals surface area contributed by atoms with Gasteiger partial charge in [0.05, 0.1) is 30.9 Å². The molecule has 0 radical (unpaired) electrons. The second kappa shape index (κ2) is 9.92. The van der Waals surface area contributed by atoms with Crippen LogP contribution < -0.4 is 14.2 Å². The Labute approximate surface area is 218 Å². The van der Waals surface area contributed by atoms with Crippen molar-refractivity contribution < 1.29 is 32.2 Å². The SMILES string of the molecule is COc1ccc2c(c1)C(N1CCN(C(=O)c3ccccc3OC)C(C)C1)=Nc1cc(C(F)(F)F)ccc1O2. The summed E-state index contributed by atoms with van der Waals surface area (Å²) in [6.07, 6.45) is -4.52. The fraction of sp³-hybridized carbons (Fsp3) is 0.286. The van der Waals surface area contributed by atoms with Crippen molar-refractivity contribution in [1.82, 2.24) is 9.80 Å². The molecule has 0 saturated carbocycles. The number of fused-ring (bicyclic) bond motifs is 2. The summed E-state index contributed by atoms with van der Waals surface area (Å²) in [5, 5.41) is 0. The summed E-state index contributed by atoms with van der Waals surface area (Å²) in [5.41, 5.74) is 0.322. The van der Waals surface area contributed by atoms with Crippen molar-refractivity contribution in [3.05, 3.63) is 77.4 Å². The van der Waals surface area contributed by atoms with Crippen molar-refractivity contribution >= 4 is 17.4 Å². The molecule has 1 saturated heterocycles. The Morgan fingerprint density at radius 3 is 2.47 bits per heavy atom. The average molecular weight is 526 g/mol. The zero-order chi connectivity index (χ0) is 27.0. The van der Waals surface area contributed by atoms with Crippen LogP contribution in [0.3, 0.4) is 0 Å². The minimum atomic E-state index is -4.52. The number of aliphatic imine (C=N–C) groups is 1. The number of hydrogen-bond acceptors (Lipinski definition) is 6. The van der Waals surface area contributed by atoms with Crippen LogP contribution in [0.15, 0.2) is 65.7 Å². The van der Waals surface area contributed by atoms with Gasteiger partial charge in [-0.25, -0.2) is 4.99 Å². The van der Waals surface area contributed by atoms with E-state index in [0.717, 1.165) is 12.1 Å². The summed E-state index contributed by atoms with van der Waals surface area (Å²) in [6, 6.07) is 15.3. The zero-order valence-electron chi connectivity index (χ0n) is 21.1. The Morgan fingerprint density at radius 1 is 1.00 bits per heavy atom. The van der Waals surface area contributed by atoms with Gasteiger partial charge in [0.15, 0.2) is 5.75 Å². The molecule has 7 nitrogen and oxygen atoms in total. The first-order valence-electron chi connectivity index (χ1n) is 12.0. The highest BCUT2D eigenvalue weighted by Gasteiger charge is 2.35. The molecule has 3 aromatic carbocycles. The van der Waals surface area contributed by atoms with Crippen LogP contribution in [-0.2, 0) is 6.18 Å². The van der Waals surface area contributed by atoms with E-state index in [-0.39, 0.29) is 23.4 Å². The number of ether oxygens (including phenoxy) is 3. The monoisotopic (exact) mass is 525 g/mol. The van der Waals surface area contributed by atoms with Gasteiger partial charge in [-0.3, -0.25) is 4.79 Å². The summed E-state index contributed by atoms with van der Waals surface area (Å²) >= 11 is 0. The lowest BCUT2D eigenvalue weighted by Crippen LogP contribution is -2.55. The largest absolute Gasteiger partial charge is 0.497 e. The number of nitrogens with zero attached hydrogens (tertiary/aromatic N) is 3. The van der Waals surface area contributed by atoms with Crippen LogP contribution in [0.1, 0.15) is 28.4 Å². The number of benzene rings is 3. The van der Waals surface area contributed by atoms with Gasteiger partial charge in [-0.05, 0) is 55.5 Å². The number of amidine groups is 1. The van der Waals surface area contributed by atoms with Crippen LogP contribution in [0.5, 0.6) is 23.0 Å². The van der Waals surface area contributed by atoms with Crippen molar-refractivity contribution in [1.29, 1.82) is 0 Å². The lowest BCUT2D eigenvalue weighted by molar-refractivity contribution is -0.137. The highest BCUT2D eigenvalue weighted by atomic mass is 19.4. The number of methoxy groups -OCH3 is 2. The smallest absolute Gasteiger partial charge is 0.416 e. The van der Waals surface area contributed by atoms with Crippen LogP contribution >= 0.6 is 0 Å². The van der Waals surface area contributed by atoms with Crippen molar-refractivity contribution in [2.45, 2.75) is 19.1 Å². The summed E-state index contributed by atoms with van der Waals surface area (Å²) in [6.45, 7) is 3.13. The minimum absolute atomic E-state index is 0.0742. The zero-order valence-corrected chi connectivity index (χ0v) is 21.1. The number of carbonyl (C=O) groups excluding carboxylic acids is 1. The summed E-state index contributed by atoms with van der Waals surface area (Å²) in [4.78, 5) is 21.8. The van der Waals surface area contributed by atoms with Crippen LogP contribution in [0, 0.1) is 0 Å². The van der Waals surface area contributed by atoms with E-state index in [1.807, 2.05) is 11.8 Å². The van der Waals surface area contributed by atoms with Gasteiger partial charge < -0.3 is 24.0 Å². The minimum Gasteiger partial charge on any atom is -0.497 e. The molecule has 10 heteroatoms. The highest BCUT2D eigenvalue weighted by Crippen LogP contribution is 2.42. The highest BCUT2D eigenvalue weighted by molar-refractivity contribution is 6.04. The second-order valence-corrected chi connectivity index (χ2v) is 9.07. The van der Waals surface area contributed by atoms with E-state index in [2.05, 4.69) is 4.99 Å². The third-order valence-electron chi connectivity index (χ3n) is 6.69. The van der Waals surface area contributed by atoms with Crippen LogP contribution in [0.25, 0.3) is 0 Å². The van der Waals surface area contributed by atoms with Gasteiger partial charge in [0.1, 0.15) is 28.8 Å². The quantitative estimate of drug-likeness (QED) is 0.436. The Hall–Kier alpha value is -4.21. The number of halogens is 3. The lowest BCUT2D eigenvalue weighted by atomic mass is 10.1. The maximum absolute atomic E-state index is 13.5. The Kier molecular flexibility index (Phi) is 6.64. The number of piperazine rings is 1. The van der Waals surface area contributed by atoms with Crippen molar-refractivity contribution in [2.75, 3.05) is 33.9 Å². The van der Waals surface area contributed by atoms with Crippen molar-refractivity contribution in [2.24, 2.45) is 4.99 Å². The molecule has 1 unspecified atom stereocenters. The molecule has 1 amide bonds. The molecule has 0 N–H and O–H groups in total. The molecule has 0 bridgehead atoms. The molecule has 3 aromatic rings. The van der Waals surface area contributed by atoms with Crippen LogP contribution in [0.4, 0.5) is 18.9 Å². The van der Waals surface area contributed by atoms with Gasteiger partial charge in [0.25, 0.3) is 5.91 Å². The summed E-state index contributed by atoms with van der Waals surface area (Å²) in [5.74, 6) is 2.02. The molecule has 2 aliphatic heterocycles. The van der Waals surface area contributed by atoms with E-state index in [4.69, 9.17) is 14.2 Å². The second-order valence-electron chi connectivity index (χ2n) is 9.07. The molecule has 198 valence electrons. The first-order valence-corrected chi connectivity index (χ1v) is 12.0. The number of alkyl halides is 3. The lowest BCUT2D eigenvalue weighted by Gasteiger charge is -2.41. The summed E-state index contributed by atoms with van der Waals surface area (Å²) < 4.78 is 57.2. The normalized spacial score (nSPS) is 17.0. The van der Waals surface area contributed by atoms with Gasteiger partial charge in [-0.1, -0.05) is 12.1 Å². The Bertz CT molecular complexity index is 1410. The number of carbonyl (C=O) groups is 1. The Balaban J connectivity index is 1.51. The van der Waals surface area contributed by atoms with Gasteiger partial charge in [-0.15, -0.1) is 0 Å². The molecule has 0 spiro atoms. The van der Waals surface area contributed by atoms with E-state index in [9.17, 15) is 18.0 Å².